The van der Waals surface area contributed by atoms with E-state index in [0.29, 0.717) is 6.04 Å². The van der Waals surface area contributed by atoms with E-state index in [4.69, 9.17) is 0 Å². The first-order valence-corrected chi connectivity index (χ1v) is 6.91. The zero-order valence-corrected chi connectivity index (χ0v) is 12.0. The minimum absolute atomic E-state index is 0.324. The summed E-state index contributed by atoms with van der Waals surface area (Å²) in [6.07, 6.45) is 3.87. The average Bonchev–Trinajstić information content (AvgIpc) is 2.46. The number of likely N-dealkylation sites (N-methyl/N-ethyl adjacent to an activating group) is 1. The smallest absolute Gasteiger partial charge is 0.0451 e. The molecule has 1 aromatic heterocycles. The van der Waals surface area contributed by atoms with Crippen molar-refractivity contribution in [2.45, 2.75) is 32.7 Å². The van der Waals surface area contributed by atoms with Gasteiger partial charge >= 0.3 is 0 Å². The summed E-state index contributed by atoms with van der Waals surface area (Å²) >= 11 is 0. The highest BCUT2D eigenvalue weighted by Gasteiger charge is 2.14. The number of aryl methyl sites for hydroxylation is 2. The summed E-state index contributed by atoms with van der Waals surface area (Å²) in [6.45, 7) is 4.33. The van der Waals surface area contributed by atoms with Gasteiger partial charge in [0, 0.05) is 24.4 Å². The second-order valence-electron chi connectivity index (χ2n) is 4.86. The Morgan fingerprint density at radius 1 is 1.16 bits per heavy atom. The van der Waals surface area contributed by atoms with Gasteiger partial charge in [0.15, 0.2) is 0 Å². The quantitative estimate of drug-likeness (QED) is 0.884. The number of benzene rings is 1. The predicted octanol–water partition coefficient (Wildman–Crippen LogP) is 3.46. The number of hydrogen-bond donors (Lipinski definition) is 1. The van der Waals surface area contributed by atoms with Gasteiger partial charge in [-0.15, -0.1) is 0 Å². The molecule has 1 aromatic carbocycles. The van der Waals surface area contributed by atoms with Crippen LogP contribution in [0.25, 0.3) is 0 Å². The number of nitrogens with zero attached hydrogens (tertiary/aromatic N) is 1. The molecule has 100 valence electrons. The van der Waals surface area contributed by atoms with Crippen LogP contribution in [-0.4, -0.2) is 12.0 Å². The van der Waals surface area contributed by atoms with Crippen molar-refractivity contribution in [2.24, 2.45) is 0 Å². The third kappa shape index (κ3) is 3.21. The van der Waals surface area contributed by atoms with Gasteiger partial charge in [-0.25, -0.2) is 0 Å². The molecule has 2 rings (SSSR count). The zero-order valence-electron chi connectivity index (χ0n) is 12.0. The van der Waals surface area contributed by atoms with Crippen molar-refractivity contribution in [3.63, 3.8) is 0 Å². The fourth-order valence-corrected chi connectivity index (χ4v) is 2.49. The topological polar surface area (TPSA) is 24.9 Å². The lowest BCUT2D eigenvalue weighted by Gasteiger charge is -2.20. The highest BCUT2D eigenvalue weighted by atomic mass is 14.9. The summed E-state index contributed by atoms with van der Waals surface area (Å²) in [5.74, 6) is 0. The van der Waals surface area contributed by atoms with Gasteiger partial charge in [0.25, 0.3) is 0 Å². The lowest BCUT2D eigenvalue weighted by molar-refractivity contribution is 0.578. The zero-order chi connectivity index (χ0) is 13.7. The van der Waals surface area contributed by atoms with Gasteiger partial charge < -0.3 is 5.32 Å². The van der Waals surface area contributed by atoms with E-state index < -0.39 is 0 Å². The number of rotatable bonds is 5. The largest absolute Gasteiger partial charge is 0.313 e. The van der Waals surface area contributed by atoms with Crippen LogP contribution in [0.15, 0.2) is 42.6 Å². The molecule has 0 saturated carbocycles. The maximum Gasteiger partial charge on any atom is 0.0451 e. The standard InChI is InChI=1S/C17H22N2/c1-4-14-9-5-6-10-15(14)17(18-3)12-16-13(2)8-7-11-19-16/h5-11,17-18H,4,12H2,1-3H3. The summed E-state index contributed by atoms with van der Waals surface area (Å²) in [5.41, 5.74) is 5.23. The number of pyridine rings is 1. The van der Waals surface area contributed by atoms with Crippen molar-refractivity contribution in [1.29, 1.82) is 0 Å². The maximum absolute atomic E-state index is 4.51. The highest BCUT2D eigenvalue weighted by molar-refractivity contribution is 5.32. The first-order chi connectivity index (χ1) is 9.26. The molecular formula is C17H22N2. The molecule has 19 heavy (non-hydrogen) atoms. The number of hydrogen-bond acceptors (Lipinski definition) is 2. The molecule has 0 fully saturated rings. The normalized spacial score (nSPS) is 12.4. The van der Waals surface area contributed by atoms with Crippen LogP contribution in [0.3, 0.4) is 0 Å². The van der Waals surface area contributed by atoms with Crippen molar-refractivity contribution in [3.05, 3.63) is 65.0 Å². The molecule has 2 heteroatoms. The Bertz CT molecular complexity index is 534. The van der Waals surface area contributed by atoms with Crippen LogP contribution in [0, 0.1) is 6.92 Å². The van der Waals surface area contributed by atoms with Crippen LogP contribution >= 0.6 is 0 Å². The Kier molecular flexibility index (Phi) is 4.69. The van der Waals surface area contributed by atoms with E-state index in [1.54, 1.807) is 0 Å². The van der Waals surface area contributed by atoms with Crippen LogP contribution in [-0.2, 0) is 12.8 Å². The van der Waals surface area contributed by atoms with Crippen molar-refractivity contribution in [3.8, 4) is 0 Å². The van der Waals surface area contributed by atoms with Gasteiger partial charge in [0.2, 0.25) is 0 Å². The van der Waals surface area contributed by atoms with E-state index in [0.717, 1.165) is 12.8 Å². The minimum atomic E-state index is 0.324. The second kappa shape index (κ2) is 6.48. The fourth-order valence-electron chi connectivity index (χ4n) is 2.49. The van der Waals surface area contributed by atoms with Gasteiger partial charge in [0.05, 0.1) is 0 Å². The van der Waals surface area contributed by atoms with Crippen LogP contribution in [0.4, 0.5) is 0 Å². The van der Waals surface area contributed by atoms with Gasteiger partial charge in [-0.2, -0.15) is 0 Å². The van der Waals surface area contributed by atoms with Gasteiger partial charge in [-0.05, 0) is 43.1 Å². The molecule has 0 spiro atoms. The van der Waals surface area contributed by atoms with E-state index in [-0.39, 0.29) is 0 Å². The summed E-state index contributed by atoms with van der Waals surface area (Å²) in [4.78, 5) is 4.51. The molecule has 1 heterocycles. The lowest BCUT2D eigenvalue weighted by atomic mass is 9.94. The summed E-state index contributed by atoms with van der Waals surface area (Å²) in [6, 6.07) is 13.1. The van der Waals surface area contributed by atoms with Crippen molar-refractivity contribution >= 4 is 0 Å². The fraction of sp³-hybridized carbons (Fsp3) is 0.353. The molecule has 0 aliphatic carbocycles. The third-order valence-electron chi connectivity index (χ3n) is 3.68. The Labute approximate surface area is 115 Å². The van der Waals surface area contributed by atoms with Crippen molar-refractivity contribution < 1.29 is 0 Å². The Morgan fingerprint density at radius 2 is 1.95 bits per heavy atom. The first kappa shape index (κ1) is 13.8. The number of aromatic nitrogens is 1. The van der Waals surface area contributed by atoms with Crippen LogP contribution in [0.1, 0.15) is 35.3 Å². The van der Waals surface area contributed by atoms with Gasteiger partial charge in [-0.1, -0.05) is 37.3 Å². The van der Waals surface area contributed by atoms with Crippen molar-refractivity contribution in [1.82, 2.24) is 10.3 Å². The molecular weight excluding hydrogens is 232 g/mol. The molecule has 0 saturated heterocycles. The van der Waals surface area contributed by atoms with E-state index in [2.05, 4.69) is 54.5 Å². The van der Waals surface area contributed by atoms with Gasteiger partial charge in [-0.3, -0.25) is 4.98 Å². The van der Waals surface area contributed by atoms with Crippen LogP contribution in [0.5, 0.6) is 0 Å². The van der Waals surface area contributed by atoms with E-state index >= 15 is 0 Å². The summed E-state index contributed by atoms with van der Waals surface area (Å²) in [5, 5.41) is 3.43. The molecule has 1 N–H and O–H groups in total. The molecule has 0 aliphatic rings. The average molecular weight is 254 g/mol. The maximum atomic E-state index is 4.51. The number of nitrogens with one attached hydrogen (secondary N) is 1. The molecule has 0 aliphatic heterocycles. The van der Waals surface area contributed by atoms with Crippen LogP contribution in [0.2, 0.25) is 0 Å². The van der Waals surface area contributed by atoms with Gasteiger partial charge in [0.1, 0.15) is 0 Å². The van der Waals surface area contributed by atoms with E-state index in [1.807, 2.05) is 19.3 Å². The highest BCUT2D eigenvalue weighted by Crippen LogP contribution is 2.22. The molecule has 0 radical (unpaired) electrons. The Balaban J connectivity index is 2.28. The Hall–Kier alpha value is -1.67. The first-order valence-electron chi connectivity index (χ1n) is 6.91. The third-order valence-corrected chi connectivity index (χ3v) is 3.68. The molecule has 0 amide bonds. The van der Waals surface area contributed by atoms with Crippen molar-refractivity contribution in [2.75, 3.05) is 7.05 Å². The monoisotopic (exact) mass is 254 g/mol. The second-order valence-corrected chi connectivity index (χ2v) is 4.86. The molecule has 2 nitrogen and oxygen atoms in total. The SMILES string of the molecule is CCc1ccccc1C(Cc1ncccc1C)NC. The summed E-state index contributed by atoms with van der Waals surface area (Å²) < 4.78 is 0. The predicted molar refractivity (Wildman–Crippen MR) is 80.3 cm³/mol. The molecule has 1 atom stereocenters. The molecule has 2 aromatic rings. The molecule has 1 unspecified atom stereocenters. The molecule has 0 bridgehead atoms. The van der Waals surface area contributed by atoms with E-state index in [9.17, 15) is 0 Å². The van der Waals surface area contributed by atoms with Crippen LogP contribution < -0.4 is 5.32 Å². The minimum Gasteiger partial charge on any atom is -0.313 e. The Morgan fingerprint density at radius 3 is 2.63 bits per heavy atom. The summed E-state index contributed by atoms with van der Waals surface area (Å²) in [7, 11) is 2.02. The lowest BCUT2D eigenvalue weighted by Crippen LogP contribution is -2.21. The van der Waals surface area contributed by atoms with E-state index in [1.165, 1.54) is 22.4 Å².